The van der Waals surface area contributed by atoms with Crippen molar-refractivity contribution in [1.82, 2.24) is 0 Å². The number of unbranched alkanes of at least 4 members (excludes halogenated alkanes) is 8. The van der Waals surface area contributed by atoms with E-state index < -0.39 is 11.9 Å². The van der Waals surface area contributed by atoms with Gasteiger partial charge in [-0.1, -0.05) is 79.1 Å². The third-order valence-electron chi connectivity index (χ3n) is 5.44. The highest BCUT2D eigenvalue weighted by atomic mass is 16.5. The molecule has 0 atom stereocenters. The van der Waals surface area contributed by atoms with Crippen LogP contribution in [0.15, 0.2) is 12.2 Å². The molecular weight excluding hydrogens is 376 g/mol. The summed E-state index contributed by atoms with van der Waals surface area (Å²) < 4.78 is 11.2. The van der Waals surface area contributed by atoms with Crippen LogP contribution in [0.5, 0.6) is 0 Å². The summed E-state index contributed by atoms with van der Waals surface area (Å²) >= 11 is 0. The minimum Gasteiger partial charge on any atom is -0.459 e. The van der Waals surface area contributed by atoms with Gasteiger partial charge in [0, 0.05) is 12.2 Å². The molecule has 4 heteroatoms. The van der Waals surface area contributed by atoms with Crippen molar-refractivity contribution >= 4 is 11.9 Å². The molecule has 0 unspecified atom stereocenters. The average Bonchev–Trinajstić information content (AvgIpc) is 2.72. The number of ether oxygens (including phenoxy) is 2. The van der Waals surface area contributed by atoms with Gasteiger partial charge in [-0.3, -0.25) is 0 Å². The van der Waals surface area contributed by atoms with Gasteiger partial charge in [-0.05, 0) is 51.4 Å². The molecule has 0 radical (unpaired) electrons. The van der Waals surface area contributed by atoms with Crippen LogP contribution >= 0.6 is 0 Å². The molecule has 0 aromatic heterocycles. The van der Waals surface area contributed by atoms with E-state index in [4.69, 9.17) is 9.47 Å². The third-order valence-corrected chi connectivity index (χ3v) is 5.44. The van der Waals surface area contributed by atoms with Gasteiger partial charge in [0.1, 0.15) is 12.2 Å². The summed E-state index contributed by atoms with van der Waals surface area (Å²) in [7, 11) is 0. The summed E-state index contributed by atoms with van der Waals surface area (Å²) in [4.78, 5) is 24.4. The van der Waals surface area contributed by atoms with Crippen molar-refractivity contribution in [1.29, 1.82) is 0 Å². The lowest BCUT2D eigenvalue weighted by Gasteiger charge is -2.17. The fourth-order valence-corrected chi connectivity index (χ4v) is 3.56. The van der Waals surface area contributed by atoms with Crippen LogP contribution in [-0.4, -0.2) is 24.1 Å². The lowest BCUT2D eigenvalue weighted by molar-refractivity contribution is -0.146. The summed E-state index contributed by atoms with van der Waals surface area (Å²) in [6.07, 6.45) is 19.5. The predicted molar refractivity (Wildman–Crippen MR) is 125 cm³/mol. The summed E-state index contributed by atoms with van der Waals surface area (Å²) in [5.74, 6) is -0.864. The highest BCUT2D eigenvalue weighted by Crippen LogP contribution is 2.16. The molecule has 0 fully saturated rings. The van der Waals surface area contributed by atoms with E-state index in [1.807, 2.05) is 0 Å². The van der Waals surface area contributed by atoms with E-state index in [0.29, 0.717) is 0 Å². The smallest absolute Gasteiger partial charge is 0.331 e. The Bertz CT molecular complexity index is 384. The molecule has 0 bridgehead atoms. The standard InChI is InChI=1S/C26H48O4/c1-5-9-13-17-23(18-14-10-6-2)29-25(27)21-22-26(28)30-24(19-15-11-7-3)20-16-12-8-4/h21-24H,5-20H2,1-4H3/b22-21+. The van der Waals surface area contributed by atoms with Gasteiger partial charge in [0.25, 0.3) is 0 Å². The number of hydrogen-bond donors (Lipinski definition) is 0. The Balaban J connectivity index is 4.54. The van der Waals surface area contributed by atoms with Gasteiger partial charge in [0.15, 0.2) is 0 Å². The average molecular weight is 425 g/mol. The monoisotopic (exact) mass is 424 g/mol. The number of carbonyl (C=O) groups excluding carboxylic acids is 2. The van der Waals surface area contributed by atoms with E-state index in [2.05, 4.69) is 27.7 Å². The third kappa shape index (κ3) is 17.5. The molecule has 176 valence electrons. The molecule has 0 rings (SSSR count). The van der Waals surface area contributed by atoms with Crippen LogP contribution in [0.1, 0.15) is 130 Å². The van der Waals surface area contributed by atoms with Gasteiger partial charge < -0.3 is 9.47 Å². The van der Waals surface area contributed by atoms with Crippen molar-refractivity contribution in [3.8, 4) is 0 Å². The lowest BCUT2D eigenvalue weighted by atomic mass is 10.0. The fourth-order valence-electron chi connectivity index (χ4n) is 3.56. The largest absolute Gasteiger partial charge is 0.459 e. The highest BCUT2D eigenvalue weighted by molar-refractivity contribution is 5.91. The zero-order valence-electron chi connectivity index (χ0n) is 20.3. The first kappa shape index (κ1) is 28.7. The first-order chi connectivity index (χ1) is 14.6. The summed E-state index contributed by atoms with van der Waals surface area (Å²) in [6.45, 7) is 8.68. The Morgan fingerprint density at radius 1 is 0.533 bits per heavy atom. The summed E-state index contributed by atoms with van der Waals surface area (Å²) in [5.41, 5.74) is 0. The number of esters is 2. The van der Waals surface area contributed by atoms with Crippen LogP contribution < -0.4 is 0 Å². The number of hydrogen-bond acceptors (Lipinski definition) is 4. The minimum absolute atomic E-state index is 0.0490. The molecule has 0 saturated heterocycles. The zero-order chi connectivity index (χ0) is 22.5. The molecule has 0 spiro atoms. The van der Waals surface area contributed by atoms with Crippen LogP contribution in [-0.2, 0) is 19.1 Å². The zero-order valence-corrected chi connectivity index (χ0v) is 20.3. The van der Waals surface area contributed by atoms with Gasteiger partial charge in [-0.15, -0.1) is 0 Å². The van der Waals surface area contributed by atoms with E-state index in [9.17, 15) is 9.59 Å². The van der Waals surface area contributed by atoms with Gasteiger partial charge in [-0.25, -0.2) is 9.59 Å². The Morgan fingerprint density at radius 3 is 1.03 bits per heavy atom. The van der Waals surface area contributed by atoms with Crippen molar-refractivity contribution in [2.24, 2.45) is 0 Å². The van der Waals surface area contributed by atoms with Crippen LogP contribution in [0.25, 0.3) is 0 Å². The van der Waals surface area contributed by atoms with Gasteiger partial charge in [0.05, 0.1) is 0 Å². The lowest BCUT2D eigenvalue weighted by Crippen LogP contribution is -2.19. The van der Waals surface area contributed by atoms with Crippen molar-refractivity contribution in [3.05, 3.63) is 12.2 Å². The molecule has 0 heterocycles. The minimum atomic E-state index is -0.432. The highest BCUT2D eigenvalue weighted by Gasteiger charge is 2.15. The van der Waals surface area contributed by atoms with Crippen LogP contribution in [0.4, 0.5) is 0 Å². The molecule has 0 aliphatic carbocycles. The molecule has 0 saturated carbocycles. The first-order valence-electron chi connectivity index (χ1n) is 12.7. The second-order valence-corrected chi connectivity index (χ2v) is 8.43. The maximum absolute atomic E-state index is 12.2. The van der Waals surface area contributed by atoms with E-state index in [-0.39, 0.29) is 12.2 Å². The van der Waals surface area contributed by atoms with E-state index in [0.717, 1.165) is 103 Å². The summed E-state index contributed by atoms with van der Waals surface area (Å²) in [5, 5.41) is 0. The Kier molecular flexibility index (Phi) is 20.0. The second kappa shape index (κ2) is 20.9. The molecular formula is C26H48O4. The van der Waals surface area contributed by atoms with Gasteiger partial charge >= 0.3 is 11.9 Å². The molecule has 30 heavy (non-hydrogen) atoms. The Hall–Kier alpha value is -1.32. The summed E-state index contributed by atoms with van der Waals surface area (Å²) in [6, 6.07) is 0. The molecule has 0 aromatic carbocycles. The van der Waals surface area contributed by atoms with E-state index in [1.54, 1.807) is 0 Å². The first-order valence-corrected chi connectivity index (χ1v) is 12.7. The Labute approximate surface area is 186 Å². The van der Waals surface area contributed by atoms with Crippen LogP contribution in [0.2, 0.25) is 0 Å². The van der Waals surface area contributed by atoms with Crippen molar-refractivity contribution in [3.63, 3.8) is 0 Å². The predicted octanol–water partition coefficient (Wildman–Crippen LogP) is 7.69. The number of rotatable bonds is 20. The van der Waals surface area contributed by atoms with Crippen LogP contribution in [0.3, 0.4) is 0 Å². The quantitative estimate of drug-likeness (QED) is 0.114. The fraction of sp³-hybridized carbons (Fsp3) is 0.846. The molecule has 0 aromatic rings. The van der Waals surface area contributed by atoms with E-state index in [1.165, 1.54) is 12.2 Å². The van der Waals surface area contributed by atoms with Gasteiger partial charge in [0.2, 0.25) is 0 Å². The SMILES string of the molecule is CCCCCC(CCCCC)OC(=O)/C=C/C(=O)OC(CCCCC)CCCCC. The van der Waals surface area contributed by atoms with Gasteiger partial charge in [-0.2, -0.15) is 0 Å². The van der Waals surface area contributed by atoms with Crippen molar-refractivity contribution in [2.45, 2.75) is 143 Å². The van der Waals surface area contributed by atoms with Crippen LogP contribution in [0, 0.1) is 0 Å². The van der Waals surface area contributed by atoms with E-state index >= 15 is 0 Å². The molecule has 0 aliphatic rings. The Morgan fingerprint density at radius 2 is 0.800 bits per heavy atom. The topological polar surface area (TPSA) is 52.6 Å². The normalized spacial score (nSPS) is 11.5. The maximum Gasteiger partial charge on any atom is 0.331 e. The molecule has 0 amide bonds. The molecule has 0 N–H and O–H groups in total. The number of carbonyl (C=O) groups is 2. The van der Waals surface area contributed by atoms with Crippen molar-refractivity contribution in [2.75, 3.05) is 0 Å². The van der Waals surface area contributed by atoms with Crippen molar-refractivity contribution < 1.29 is 19.1 Å². The molecule has 0 aliphatic heterocycles. The second-order valence-electron chi connectivity index (χ2n) is 8.43. The maximum atomic E-state index is 12.2. The molecule has 4 nitrogen and oxygen atoms in total.